The Hall–Kier alpha value is -4.55. The summed E-state index contributed by atoms with van der Waals surface area (Å²) < 4.78 is 11.3. The largest absolute Gasteiger partial charge is 0.462 e. The van der Waals surface area contributed by atoms with E-state index in [0.29, 0.717) is 6.54 Å². The first-order chi connectivity index (χ1) is 22.8. The lowest BCUT2D eigenvalue weighted by atomic mass is 9.72. The van der Waals surface area contributed by atoms with Gasteiger partial charge in [0.2, 0.25) is 0 Å². The van der Waals surface area contributed by atoms with Gasteiger partial charge in [0.1, 0.15) is 18.5 Å². The van der Waals surface area contributed by atoms with Gasteiger partial charge in [-0.25, -0.2) is 0 Å². The summed E-state index contributed by atoms with van der Waals surface area (Å²) in [6.45, 7) is 13.2. The van der Waals surface area contributed by atoms with Crippen LogP contribution in [0.2, 0.25) is 0 Å². The molecule has 0 aromatic heterocycles. The van der Waals surface area contributed by atoms with E-state index in [2.05, 4.69) is 111 Å². The van der Waals surface area contributed by atoms with Crippen LogP contribution < -0.4 is 0 Å². The third-order valence-electron chi connectivity index (χ3n) is 9.28. The fourth-order valence-corrected chi connectivity index (χ4v) is 7.55. The molecule has 0 N–H and O–H groups in total. The van der Waals surface area contributed by atoms with Crippen molar-refractivity contribution in [2.75, 3.05) is 6.61 Å². The predicted molar refractivity (Wildman–Crippen MR) is 189 cm³/mol. The number of nitrogens with zero attached hydrogens (tertiary/aromatic N) is 1. The zero-order valence-corrected chi connectivity index (χ0v) is 29.2. The van der Waals surface area contributed by atoms with E-state index >= 15 is 0 Å². The van der Waals surface area contributed by atoms with Crippen LogP contribution in [0, 0.1) is 11.3 Å². The molecule has 0 radical (unpaired) electrons. The lowest BCUT2D eigenvalue weighted by Gasteiger charge is -2.50. The van der Waals surface area contributed by atoms with Gasteiger partial charge in [0.05, 0.1) is 11.6 Å². The molecule has 250 valence electrons. The normalized spacial score (nSPS) is 15.2. The molecule has 0 aliphatic heterocycles. The summed E-state index contributed by atoms with van der Waals surface area (Å²) in [6, 6.07) is 35.0. The second kappa shape index (κ2) is 14.3. The summed E-state index contributed by atoms with van der Waals surface area (Å²) in [5, 5.41) is 0. The van der Waals surface area contributed by atoms with Gasteiger partial charge in [-0.15, -0.1) is 0 Å². The summed E-state index contributed by atoms with van der Waals surface area (Å²) in [7, 11) is 0. The second-order valence-corrected chi connectivity index (χ2v) is 14.2. The number of rotatable bonds is 12. The van der Waals surface area contributed by atoms with Crippen molar-refractivity contribution in [3.05, 3.63) is 131 Å². The zero-order valence-electron chi connectivity index (χ0n) is 29.2. The maximum absolute atomic E-state index is 14.3. The van der Waals surface area contributed by atoms with Gasteiger partial charge in [-0.05, 0) is 57.7 Å². The van der Waals surface area contributed by atoms with Gasteiger partial charge in [0, 0.05) is 26.3 Å². The third-order valence-corrected chi connectivity index (χ3v) is 9.28. The molecule has 0 heterocycles. The van der Waals surface area contributed by atoms with Crippen LogP contribution in [0.5, 0.6) is 0 Å². The number of Topliss-reactive ketones (excluding diaryl/α,β-unsaturated/α-hetero) is 1. The number of benzene rings is 4. The molecule has 4 aromatic rings. The van der Waals surface area contributed by atoms with Crippen molar-refractivity contribution in [2.24, 2.45) is 11.3 Å². The Morgan fingerprint density at radius 3 is 1.75 bits per heavy atom. The maximum Gasteiger partial charge on any atom is 0.303 e. The predicted octanol–water partition coefficient (Wildman–Crippen LogP) is 8.14. The molecule has 0 fully saturated rings. The minimum Gasteiger partial charge on any atom is -0.462 e. The van der Waals surface area contributed by atoms with Crippen LogP contribution in [0.15, 0.2) is 103 Å². The molecule has 1 aliphatic rings. The Bertz CT molecular complexity index is 1730. The van der Waals surface area contributed by atoms with Gasteiger partial charge in [0.15, 0.2) is 0 Å². The molecule has 0 unspecified atom stereocenters. The summed E-state index contributed by atoms with van der Waals surface area (Å²) >= 11 is 0. The lowest BCUT2D eigenvalue weighted by molar-refractivity contribution is -0.163. The van der Waals surface area contributed by atoms with Crippen molar-refractivity contribution in [1.82, 2.24) is 4.90 Å². The van der Waals surface area contributed by atoms with Gasteiger partial charge in [-0.3, -0.25) is 19.3 Å². The molecule has 5 rings (SSSR count). The Balaban J connectivity index is 1.88. The molecular weight excluding hydrogens is 598 g/mol. The summed E-state index contributed by atoms with van der Waals surface area (Å²) in [4.78, 5) is 41.1. The minimum absolute atomic E-state index is 0.0170. The fraction of sp³-hybridized carbons (Fsp3) is 0.357. The SMILES string of the molecule is CC(=O)OC[C@@H](OC(C)=O)[C@H](C)[C@@H](C(C)=O)N(Cc1ccccc1)C1(c2ccccc2CC(C)(C)C)c2ccccc2-c2ccccc21. The smallest absolute Gasteiger partial charge is 0.303 e. The van der Waals surface area contributed by atoms with Crippen molar-refractivity contribution in [1.29, 1.82) is 0 Å². The average molecular weight is 646 g/mol. The first kappa shape index (κ1) is 34.8. The summed E-state index contributed by atoms with van der Waals surface area (Å²) in [5.74, 6) is -1.61. The van der Waals surface area contributed by atoms with Crippen LogP contribution in [-0.4, -0.2) is 41.4 Å². The van der Waals surface area contributed by atoms with E-state index in [9.17, 15) is 14.4 Å². The molecule has 6 nitrogen and oxygen atoms in total. The first-order valence-corrected chi connectivity index (χ1v) is 16.7. The van der Waals surface area contributed by atoms with Gasteiger partial charge in [-0.2, -0.15) is 0 Å². The quantitative estimate of drug-likeness (QED) is 0.145. The number of fused-ring (bicyclic) bond motifs is 3. The van der Waals surface area contributed by atoms with Crippen LogP contribution in [0.25, 0.3) is 11.1 Å². The van der Waals surface area contributed by atoms with Crippen LogP contribution in [0.1, 0.15) is 76.3 Å². The van der Waals surface area contributed by atoms with E-state index in [0.717, 1.165) is 39.8 Å². The minimum atomic E-state index is -0.905. The fourth-order valence-electron chi connectivity index (χ4n) is 7.55. The average Bonchev–Trinajstić information content (AvgIpc) is 3.33. The highest BCUT2D eigenvalue weighted by atomic mass is 16.6. The molecule has 6 heteroatoms. The van der Waals surface area contributed by atoms with E-state index in [1.54, 1.807) is 6.92 Å². The van der Waals surface area contributed by atoms with Crippen LogP contribution in [0.3, 0.4) is 0 Å². The van der Waals surface area contributed by atoms with Crippen molar-refractivity contribution in [3.8, 4) is 11.1 Å². The molecule has 0 saturated carbocycles. The van der Waals surface area contributed by atoms with Crippen molar-refractivity contribution in [2.45, 2.75) is 79.1 Å². The summed E-state index contributed by atoms with van der Waals surface area (Å²) in [6.07, 6.45) is -0.0376. The zero-order chi connectivity index (χ0) is 34.6. The lowest BCUT2D eigenvalue weighted by Crippen LogP contribution is -2.58. The van der Waals surface area contributed by atoms with E-state index in [1.807, 2.05) is 25.1 Å². The monoisotopic (exact) mass is 645 g/mol. The van der Waals surface area contributed by atoms with E-state index in [-0.39, 0.29) is 17.8 Å². The highest BCUT2D eigenvalue weighted by Gasteiger charge is 2.54. The van der Waals surface area contributed by atoms with Gasteiger partial charge < -0.3 is 9.47 Å². The Labute approximate surface area is 285 Å². The number of ether oxygens (including phenoxy) is 2. The Kier molecular flexibility index (Phi) is 10.4. The van der Waals surface area contributed by atoms with Gasteiger partial charge in [0.25, 0.3) is 0 Å². The number of hydrogen-bond acceptors (Lipinski definition) is 6. The number of carbonyl (C=O) groups is 3. The number of hydrogen-bond donors (Lipinski definition) is 0. The third kappa shape index (κ3) is 7.00. The second-order valence-electron chi connectivity index (χ2n) is 14.2. The molecule has 0 saturated heterocycles. The molecule has 3 atom stereocenters. The Morgan fingerprint density at radius 2 is 1.23 bits per heavy atom. The van der Waals surface area contributed by atoms with Crippen molar-refractivity contribution in [3.63, 3.8) is 0 Å². The standard InChI is InChI=1S/C42H47NO5/c1-28(39(48-31(4)46)27-47-30(3)45)40(29(2)44)43(26-32-17-9-8-10-18-32)42(36-22-14-11-19-33(36)25-41(5,6)7)37-23-15-12-20-34(37)35-21-13-16-24-38(35)42/h8-24,28,39-40H,25-27H2,1-7H3/t28-,39+,40-/m0/s1. The molecule has 48 heavy (non-hydrogen) atoms. The Morgan fingerprint density at radius 1 is 0.708 bits per heavy atom. The summed E-state index contributed by atoms with van der Waals surface area (Å²) in [5.41, 5.74) is 6.82. The van der Waals surface area contributed by atoms with Crippen LogP contribution in [0.4, 0.5) is 0 Å². The van der Waals surface area contributed by atoms with E-state index < -0.39 is 35.5 Å². The number of esters is 2. The van der Waals surface area contributed by atoms with Crippen molar-refractivity contribution >= 4 is 17.7 Å². The van der Waals surface area contributed by atoms with Gasteiger partial charge >= 0.3 is 11.9 Å². The van der Waals surface area contributed by atoms with Crippen LogP contribution >= 0.6 is 0 Å². The van der Waals surface area contributed by atoms with Gasteiger partial charge in [-0.1, -0.05) is 131 Å². The number of ketones is 1. The molecule has 1 aliphatic carbocycles. The van der Waals surface area contributed by atoms with E-state index in [1.165, 1.54) is 19.4 Å². The first-order valence-electron chi connectivity index (χ1n) is 16.7. The number of carbonyl (C=O) groups excluding carboxylic acids is 3. The topological polar surface area (TPSA) is 72.9 Å². The maximum atomic E-state index is 14.3. The van der Waals surface area contributed by atoms with E-state index in [4.69, 9.17) is 9.47 Å². The van der Waals surface area contributed by atoms with Crippen molar-refractivity contribution < 1.29 is 23.9 Å². The molecule has 4 aromatic carbocycles. The highest BCUT2D eigenvalue weighted by molar-refractivity contribution is 5.86. The van der Waals surface area contributed by atoms with Crippen LogP contribution in [-0.2, 0) is 42.4 Å². The molecule has 0 spiro atoms. The molecule has 0 bridgehead atoms. The molecule has 0 amide bonds. The highest BCUT2D eigenvalue weighted by Crippen LogP contribution is 2.57. The molecular formula is C42H47NO5.